The van der Waals surface area contributed by atoms with E-state index in [1.54, 1.807) is 0 Å². The second-order valence-electron chi connectivity index (χ2n) is 3.76. The predicted molar refractivity (Wildman–Crippen MR) is 58.0 cm³/mol. The van der Waals surface area contributed by atoms with Gasteiger partial charge in [0.25, 0.3) is 0 Å². The molecule has 0 spiro atoms. The summed E-state index contributed by atoms with van der Waals surface area (Å²) in [5.74, 6) is 1.12. The van der Waals surface area contributed by atoms with Crippen molar-refractivity contribution < 1.29 is 0 Å². The molecule has 0 aromatic rings. The molecule has 74 valence electrons. The number of nitrogens with one attached hydrogen (secondary N) is 1. The first kappa shape index (κ1) is 10.3. The minimum absolute atomic E-state index is 1.08. The molecule has 0 atom stereocenters. The molecule has 2 heteroatoms. The van der Waals surface area contributed by atoms with Crippen molar-refractivity contribution >= 4 is 5.71 Å². The lowest BCUT2D eigenvalue weighted by molar-refractivity contribution is 0.654. The molecular weight excluding hydrogens is 160 g/mol. The fourth-order valence-corrected chi connectivity index (χ4v) is 1.57. The molecule has 1 rings (SSSR count). The maximum atomic E-state index is 4.59. The molecule has 0 saturated heterocycles. The zero-order chi connectivity index (χ0) is 9.68. The largest absolute Gasteiger partial charge is 0.370 e. The van der Waals surface area contributed by atoms with E-state index in [4.69, 9.17) is 0 Å². The van der Waals surface area contributed by atoms with Crippen molar-refractivity contribution in [1.82, 2.24) is 5.32 Å². The van der Waals surface area contributed by atoms with E-state index in [9.17, 15) is 0 Å². The third kappa shape index (κ3) is 3.21. The first-order valence-electron chi connectivity index (χ1n) is 5.21. The molecule has 1 N–H and O–H groups in total. The molecule has 0 fully saturated rings. The van der Waals surface area contributed by atoms with Crippen LogP contribution in [0.1, 0.15) is 46.5 Å². The first-order valence-corrected chi connectivity index (χ1v) is 5.21. The highest BCUT2D eigenvalue weighted by molar-refractivity contribution is 5.82. The van der Waals surface area contributed by atoms with Gasteiger partial charge in [0.05, 0.1) is 0 Å². The van der Waals surface area contributed by atoms with Gasteiger partial charge in [0, 0.05) is 12.3 Å². The summed E-state index contributed by atoms with van der Waals surface area (Å²) in [6.07, 6.45) is 4.74. The smallest absolute Gasteiger partial charge is 0.124 e. The van der Waals surface area contributed by atoms with Gasteiger partial charge in [-0.25, -0.2) is 4.99 Å². The van der Waals surface area contributed by atoms with Gasteiger partial charge in [-0.3, -0.25) is 0 Å². The SMILES string of the molecule is CCC/C(C)=N/C1=C(C)CCCN1. The van der Waals surface area contributed by atoms with Gasteiger partial charge in [-0.1, -0.05) is 13.3 Å². The molecule has 0 aromatic carbocycles. The zero-order valence-corrected chi connectivity index (χ0v) is 8.98. The average Bonchev–Trinajstić information content (AvgIpc) is 2.09. The molecule has 0 saturated carbocycles. The van der Waals surface area contributed by atoms with E-state index in [2.05, 4.69) is 31.1 Å². The Morgan fingerprint density at radius 1 is 1.54 bits per heavy atom. The fourth-order valence-electron chi connectivity index (χ4n) is 1.57. The van der Waals surface area contributed by atoms with Crippen LogP contribution in [-0.4, -0.2) is 12.3 Å². The number of aliphatic imine (C=N–C) groups is 1. The third-order valence-corrected chi connectivity index (χ3v) is 2.34. The molecule has 13 heavy (non-hydrogen) atoms. The molecule has 0 aliphatic carbocycles. The third-order valence-electron chi connectivity index (χ3n) is 2.34. The number of nitrogens with zero attached hydrogens (tertiary/aromatic N) is 1. The lowest BCUT2D eigenvalue weighted by Gasteiger charge is -2.17. The van der Waals surface area contributed by atoms with Crippen molar-refractivity contribution in [2.75, 3.05) is 6.54 Å². The van der Waals surface area contributed by atoms with Gasteiger partial charge in [-0.05, 0) is 38.7 Å². The second-order valence-corrected chi connectivity index (χ2v) is 3.76. The van der Waals surface area contributed by atoms with Crippen LogP contribution in [0.5, 0.6) is 0 Å². The lowest BCUT2D eigenvalue weighted by atomic mass is 10.1. The summed E-state index contributed by atoms with van der Waals surface area (Å²) in [7, 11) is 0. The first-order chi connectivity index (χ1) is 6.24. The van der Waals surface area contributed by atoms with Gasteiger partial charge in [-0.15, -0.1) is 0 Å². The Balaban J connectivity index is 2.64. The van der Waals surface area contributed by atoms with Crippen LogP contribution in [0.3, 0.4) is 0 Å². The molecule has 0 bridgehead atoms. The van der Waals surface area contributed by atoms with Crippen LogP contribution < -0.4 is 5.32 Å². The molecule has 1 heterocycles. The number of allylic oxidation sites excluding steroid dienone is 1. The highest BCUT2D eigenvalue weighted by Crippen LogP contribution is 2.14. The number of hydrogen-bond acceptors (Lipinski definition) is 2. The van der Waals surface area contributed by atoms with E-state index in [0.717, 1.165) is 18.8 Å². The maximum Gasteiger partial charge on any atom is 0.124 e. The van der Waals surface area contributed by atoms with Crippen molar-refractivity contribution in [2.24, 2.45) is 4.99 Å². The Hall–Kier alpha value is -0.790. The van der Waals surface area contributed by atoms with Crippen molar-refractivity contribution in [1.29, 1.82) is 0 Å². The topological polar surface area (TPSA) is 24.4 Å². The van der Waals surface area contributed by atoms with Gasteiger partial charge >= 0.3 is 0 Å². The van der Waals surface area contributed by atoms with Crippen LogP contribution in [0.25, 0.3) is 0 Å². The Labute approximate surface area is 81.1 Å². The Morgan fingerprint density at radius 3 is 2.92 bits per heavy atom. The quantitative estimate of drug-likeness (QED) is 0.663. The van der Waals surface area contributed by atoms with Crippen LogP contribution in [0.15, 0.2) is 16.4 Å². The summed E-state index contributed by atoms with van der Waals surface area (Å²) < 4.78 is 0. The standard InChI is InChI=1S/C11H20N2/c1-4-6-10(3)13-11-9(2)7-5-8-12-11/h12H,4-8H2,1-3H3/b13-10+. The summed E-state index contributed by atoms with van der Waals surface area (Å²) in [5.41, 5.74) is 2.65. The van der Waals surface area contributed by atoms with Crippen molar-refractivity contribution in [3.8, 4) is 0 Å². The summed E-state index contributed by atoms with van der Waals surface area (Å²) >= 11 is 0. The highest BCUT2D eigenvalue weighted by atomic mass is 15.0. The summed E-state index contributed by atoms with van der Waals surface area (Å²) in [5, 5.41) is 3.35. The minimum Gasteiger partial charge on any atom is -0.370 e. The molecule has 0 unspecified atom stereocenters. The van der Waals surface area contributed by atoms with E-state index in [1.807, 2.05) is 0 Å². The summed E-state index contributed by atoms with van der Waals surface area (Å²) in [6.45, 7) is 7.55. The van der Waals surface area contributed by atoms with E-state index < -0.39 is 0 Å². The molecule has 0 aromatic heterocycles. The number of hydrogen-bond donors (Lipinski definition) is 1. The van der Waals surface area contributed by atoms with Gasteiger partial charge in [0.1, 0.15) is 5.82 Å². The fraction of sp³-hybridized carbons (Fsp3) is 0.727. The normalized spacial score (nSPS) is 18.8. The van der Waals surface area contributed by atoms with Crippen LogP contribution in [0.2, 0.25) is 0 Å². The van der Waals surface area contributed by atoms with Crippen molar-refractivity contribution in [3.05, 3.63) is 11.4 Å². The lowest BCUT2D eigenvalue weighted by Crippen LogP contribution is -2.20. The van der Waals surface area contributed by atoms with E-state index in [-0.39, 0.29) is 0 Å². The van der Waals surface area contributed by atoms with E-state index in [0.29, 0.717) is 0 Å². The van der Waals surface area contributed by atoms with Crippen LogP contribution in [0, 0.1) is 0 Å². The second kappa shape index (κ2) is 5.05. The van der Waals surface area contributed by atoms with Gasteiger partial charge < -0.3 is 5.32 Å². The van der Waals surface area contributed by atoms with Gasteiger partial charge in [0.15, 0.2) is 0 Å². The van der Waals surface area contributed by atoms with Crippen molar-refractivity contribution in [2.45, 2.75) is 46.5 Å². The Bertz CT molecular complexity index is 226. The summed E-state index contributed by atoms with van der Waals surface area (Å²) in [4.78, 5) is 4.59. The molecule has 1 aliphatic rings. The summed E-state index contributed by atoms with van der Waals surface area (Å²) in [6, 6.07) is 0. The van der Waals surface area contributed by atoms with Crippen LogP contribution in [0.4, 0.5) is 0 Å². The molecule has 2 nitrogen and oxygen atoms in total. The van der Waals surface area contributed by atoms with Crippen LogP contribution >= 0.6 is 0 Å². The Kier molecular flexibility index (Phi) is 4.00. The molecule has 1 aliphatic heterocycles. The van der Waals surface area contributed by atoms with Crippen molar-refractivity contribution in [3.63, 3.8) is 0 Å². The van der Waals surface area contributed by atoms with Gasteiger partial charge in [-0.2, -0.15) is 0 Å². The van der Waals surface area contributed by atoms with E-state index >= 15 is 0 Å². The zero-order valence-electron chi connectivity index (χ0n) is 8.98. The predicted octanol–water partition coefficient (Wildman–Crippen LogP) is 2.86. The number of rotatable bonds is 3. The highest BCUT2D eigenvalue weighted by Gasteiger charge is 2.06. The Morgan fingerprint density at radius 2 is 2.31 bits per heavy atom. The molecule has 0 amide bonds. The van der Waals surface area contributed by atoms with Gasteiger partial charge in [0.2, 0.25) is 0 Å². The molecule has 0 radical (unpaired) electrons. The minimum atomic E-state index is 1.08. The average molecular weight is 180 g/mol. The molecular formula is C11H20N2. The monoisotopic (exact) mass is 180 g/mol. The van der Waals surface area contributed by atoms with E-state index in [1.165, 1.54) is 30.5 Å². The van der Waals surface area contributed by atoms with Crippen LogP contribution in [-0.2, 0) is 0 Å². The maximum absolute atomic E-state index is 4.59.